The van der Waals surface area contributed by atoms with Gasteiger partial charge >= 0.3 is 5.97 Å². The van der Waals surface area contributed by atoms with Crippen molar-refractivity contribution < 1.29 is 23.6 Å². The summed E-state index contributed by atoms with van der Waals surface area (Å²) >= 11 is 17.7. The largest absolute Gasteiger partial charge is 0.452 e. The van der Waals surface area contributed by atoms with E-state index in [1.54, 1.807) is 37.3 Å². The molecule has 0 spiro atoms. The molecule has 2 heterocycles. The minimum absolute atomic E-state index is 0.0733. The molecular formula is C22H14Cl3NO5. The van der Waals surface area contributed by atoms with Gasteiger partial charge in [-0.15, -0.1) is 0 Å². The van der Waals surface area contributed by atoms with Crippen LogP contribution in [0.15, 0.2) is 46.7 Å². The van der Waals surface area contributed by atoms with E-state index in [4.69, 9.17) is 48.8 Å². The Morgan fingerprint density at radius 1 is 1.13 bits per heavy atom. The molecule has 3 aromatic rings. The number of aromatic nitrogens is 1. The molecule has 1 aliphatic heterocycles. The van der Waals surface area contributed by atoms with E-state index in [-0.39, 0.29) is 28.9 Å². The number of benzene rings is 2. The van der Waals surface area contributed by atoms with Gasteiger partial charge in [0, 0.05) is 18.6 Å². The van der Waals surface area contributed by atoms with Crippen LogP contribution < -0.4 is 9.47 Å². The van der Waals surface area contributed by atoms with Crippen molar-refractivity contribution in [2.45, 2.75) is 19.8 Å². The van der Waals surface area contributed by atoms with Crippen LogP contribution in [-0.4, -0.2) is 16.9 Å². The first kappa shape index (κ1) is 21.4. The summed E-state index contributed by atoms with van der Waals surface area (Å²) in [4.78, 5) is 25.0. The standard InChI is InChI=1S/C22H14Cl3NO5/c1-11-6-14(29-20(27)5-3-13-10-19(25)26-31-13)9-17-21(11)22(28)18(30-17)8-12-2-4-15(23)16(24)7-12/h2,4,6-10H,3,5H2,1H3/b18-8-. The quantitative estimate of drug-likeness (QED) is 0.250. The van der Waals surface area contributed by atoms with E-state index in [0.29, 0.717) is 44.7 Å². The van der Waals surface area contributed by atoms with Crippen molar-refractivity contribution >= 4 is 52.6 Å². The minimum Gasteiger partial charge on any atom is -0.452 e. The summed E-state index contributed by atoms with van der Waals surface area (Å²) in [5.74, 6) is 0.489. The molecular weight excluding hydrogens is 465 g/mol. The van der Waals surface area contributed by atoms with Gasteiger partial charge in [-0.2, -0.15) is 0 Å². The number of fused-ring (bicyclic) bond motifs is 1. The van der Waals surface area contributed by atoms with Gasteiger partial charge in [0.25, 0.3) is 0 Å². The van der Waals surface area contributed by atoms with Gasteiger partial charge in [-0.3, -0.25) is 9.59 Å². The van der Waals surface area contributed by atoms with E-state index >= 15 is 0 Å². The van der Waals surface area contributed by atoms with Gasteiger partial charge in [0.2, 0.25) is 5.78 Å². The molecule has 6 nitrogen and oxygen atoms in total. The minimum atomic E-state index is -0.470. The zero-order valence-corrected chi connectivity index (χ0v) is 18.3. The van der Waals surface area contributed by atoms with Crippen LogP contribution in [0.4, 0.5) is 0 Å². The van der Waals surface area contributed by atoms with E-state index in [1.165, 1.54) is 12.1 Å². The maximum absolute atomic E-state index is 12.8. The van der Waals surface area contributed by atoms with Crippen LogP contribution in [0.1, 0.15) is 33.7 Å². The summed E-state index contributed by atoms with van der Waals surface area (Å²) in [6, 6.07) is 9.67. The van der Waals surface area contributed by atoms with Crippen LogP contribution >= 0.6 is 34.8 Å². The molecule has 4 rings (SSSR count). The monoisotopic (exact) mass is 477 g/mol. The molecule has 158 valence electrons. The topological polar surface area (TPSA) is 78.6 Å². The van der Waals surface area contributed by atoms with Crippen molar-refractivity contribution in [1.82, 2.24) is 5.16 Å². The second kappa shape index (κ2) is 8.75. The number of hydrogen-bond donors (Lipinski definition) is 0. The summed E-state index contributed by atoms with van der Waals surface area (Å²) in [7, 11) is 0. The van der Waals surface area contributed by atoms with Gasteiger partial charge in [-0.25, -0.2) is 0 Å². The number of hydrogen-bond acceptors (Lipinski definition) is 6. The summed E-state index contributed by atoms with van der Waals surface area (Å²) in [6.07, 6.45) is 1.95. The zero-order chi connectivity index (χ0) is 22.1. The number of esters is 1. The lowest BCUT2D eigenvalue weighted by atomic mass is 10.0. The lowest BCUT2D eigenvalue weighted by Gasteiger charge is -2.07. The number of nitrogens with zero attached hydrogens (tertiary/aromatic N) is 1. The van der Waals surface area contributed by atoms with Gasteiger partial charge in [-0.05, 0) is 42.3 Å². The fourth-order valence-electron chi connectivity index (χ4n) is 3.10. The summed E-state index contributed by atoms with van der Waals surface area (Å²) in [5, 5.41) is 4.57. The zero-order valence-electron chi connectivity index (χ0n) is 16.1. The SMILES string of the molecule is Cc1cc(OC(=O)CCc2cc(Cl)no2)cc2c1C(=O)/C(=C/c1ccc(Cl)c(Cl)c1)O2. The molecule has 0 bridgehead atoms. The Labute approximate surface area is 192 Å². The molecule has 0 fully saturated rings. The van der Waals surface area contributed by atoms with Crippen molar-refractivity contribution in [2.75, 3.05) is 0 Å². The highest BCUT2D eigenvalue weighted by Crippen LogP contribution is 2.38. The van der Waals surface area contributed by atoms with Crippen molar-refractivity contribution in [1.29, 1.82) is 0 Å². The molecule has 0 saturated heterocycles. The average Bonchev–Trinajstić information content (AvgIpc) is 3.26. The van der Waals surface area contributed by atoms with Crippen LogP contribution in [0.5, 0.6) is 11.5 Å². The molecule has 31 heavy (non-hydrogen) atoms. The van der Waals surface area contributed by atoms with E-state index < -0.39 is 5.97 Å². The summed E-state index contributed by atoms with van der Waals surface area (Å²) in [5.41, 5.74) is 1.72. The van der Waals surface area contributed by atoms with Gasteiger partial charge in [0.05, 0.1) is 22.0 Å². The van der Waals surface area contributed by atoms with E-state index in [0.717, 1.165) is 0 Å². The maximum Gasteiger partial charge on any atom is 0.311 e. The predicted octanol–water partition coefficient (Wildman–Crippen LogP) is 6.10. The highest BCUT2D eigenvalue weighted by Gasteiger charge is 2.30. The van der Waals surface area contributed by atoms with E-state index in [1.807, 2.05) is 0 Å². The van der Waals surface area contributed by atoms with E-state index in [2.05, 4.69) is 5.16 Å². The number of carbonyl (C=O) groups excluding carboxylic acids is 2. The molecule has 0 radical (unpaired) electrons. The first-order valence-corrected chi connectivity index (χ1v) is 10.3. The molecule has 0 amide bonds. The Hall–Kier alpha value is -2.80. The van der Waals surface area contributed by atoms with Crippen LogP contribution in [0.25, 0.3) is 6.08 Å². The Morgan fingerprint density at radius 2 is 1.94 bits per heavy atom. The third-order valence-electron chi connectivity index (χ3n) is 4.52. The Bertz CT molecular complexity index is 1230. The van der Waals surface area contributed by atoms with E-state index in [9.17, 15) is 9.59 Å². The first-order valence-electron chi connectivity index (χ1n) is 9.16. The Morgan fingerprint density at radius 3 is 2.65 bits per heavy atom. The highest BCUT2D eigenvalue weighted by molar-refractivity contribution is 6.42. The van der Waals surface area contributed by atoms with Gasteiger partial charge in [0.1, 0.15) is 17.3 Å². The Balaban J connectivity index is 1.49. The molecule has 1 aromatic heterocycles. The molecule has 0 aliphatic carbocycles. The number of aryl methyl sites for hydroxylation is 2. The number of halogens is 3. The smallest absolute Gasteiger partial charge is 0.311 e. The van der Waals surface area contributed by atoms with Crippen LogP contribution in [0.3, 0.4) is 0 Å². The molecule has 2 aromatic carbocycles. The van der Waals surface area contributed by atoms with Crippen molar-refractivity contribution in [3.8, 4) is 11.5 Å². The van der Waals surface area contributed by atoms with Crippen molar-refractivity contribution in [3.63, 3.8) is 0 Å². The third kappa shape index (κ3) is 4.77. The number of allylic oxidation sites excluding steroid dienone is 1. The lowest BCUT2D eigenvalue weighted by Crippen LogP contribution is -2.09. The number of carbonyl (C=O) groups is 2. The van der Waals surface area contributed by atoms with Crippen LogP contribution in [0.2, 0.25) is 15.2 Å². The average molecular weight is 479 g/mol. The van der Waals surface area contributed by atoms with Gasteiger partial charge < -0.3 is 14.0 Å². The number of rotatable bonds is 5. The van der Waals surface area contributed by atoms with Crippen molar-refractivity contribution in [3.05, 3.63) is 79.8 Å². The molecule has 0 N–H and O–H groups in total. The molecule has 0 saturated carbocycles. The molecule has 0 atom stereocenters. The van der Waals surface area contributed by atoms with Gasteiger partial charge in [-0.1, -0.05) is 46.0 Å². The lowest BCUT2D eigenvalue weighted by molar-refractivity contribution is -0.134. The maximum atomic E-state index is 12.8. The van der Waals surface area contributed by atoms with Crippen LogP contribution in [0, 0.1) is 6.92 Å². The first-order chi connectivity index (χ1) is 14.8. The molecule has 1 aliphatic rings. The second-order valence-electron chi connectivity index (χ2n) is 6.82. The Kier molecular flexibility index (Phi) is 6.05. The number of ether oxygens (including phenoxy) is 2. The normalized spacial score (nSPS) is 13.9. The fraction of sp³-hybridized carbons (Fsp3) is 0.136. The van der Waals surface area contributed by atoms with Gasteiger partial charge in [0.15, 0.2) is 10.9 Å². The highest BCUT2D eigenvalue weighted by atomic mass is 35.5. The molecule has 0 unspecified atom stereocenters. The second-order valence-corrected chi connectivity index (χ2v) is 8.02. The number of Topliss-reactive ketones (excluding diaryl/α,β-unsaturated/α-hetero) is 1. The fourth-order valence-corrected chi connectivity index (χ4v) is 3.57. The predicted molar refractivity (Wildman–Crippen MR) is 116 cm³/mol. The van der Waals surface area contributed by atoms with Crippen LogP contribution in [-0.2, 0) is 11.2 Å². The van der Waals surface area contributed by atoms with Crippen molar-refractivity contribution in [2.24, 2.45) is 0 Å². The summed E-state index contributed by atoms with van der Waals surface area (Å²) in [6.45, 7) is 1.75. The summed E-state index contributed by atoms with van der Waals surface area (Å²) < 4.78 is 16.1. The molecule has 9 heteroatoms. The third-order valence-corrected chi connectivity index (χ3v) is 5.44. The number of ketones is 1.